The van der Waals surface area contributed by atoms with E-state index in [1.165, 1.54) is 0 Å². The molecule has 0 saturated heterocycles. The Balaban J connectivity index is 0. The lowest BCUT2D eigenvalue weighted by Gasteiger charge is -2.34. The zero-order valence-electron chi connectivity index (χ0n) is 8.75. The van der Waals surface area contributed by atoms with E-state index in [0.717, 1.165) is 25.9 Å². The number of nitrogens with zero attached hydrogens (tertiary/aromatic N) is 1. The van der Waals surface area contributed by atoms with Gasteiger partial charge in [0.15, 0.2) is 0 Å². The highest BCUT2D eigenvalue weighted by Crippen LogP contribution is 2.15. The minimum Gasteiger partial charge on any atom is -0.870 e. The van der Waals surface area contributed by atoms with E-state index in [0.29, 0.717) is 6.04 Å². The van der Waals surface area contributed by atoms with Crippen molar-refractivity contribution in [3.63, 3.8) is 0 Å². The van der Waals surface area contributed by atoms with Crippen LogP contribution in [-0.2, 0) is 0 Å². The summed E-state index contributed by atoms with van der Waals surface area (Å²) in [7, 11) is 0. The molecule has 0 aliphatic heterocycles. The van der Waals surface area contributed by atoms with Gasteiger partial charge in [0, 0.05) is 0 Å². The molecule has 0 bridgehead atoms. The van der Waals surface area contributed by atoms with Crippen molar-refractivity contribution in [2.24, 2.45) is 0 Å². The molecule has 0 amide bonds. The molecular weight excluding hydrogens is 154 g/mol. The largest absolute Gasteiger partial charge is 0.870 e. The summed E-state index contributed by atoms with van der Waals surface area (Å²) in [6.45, 7) is 10.0. The fourth-order valence-corrected chi connectivity index (χ4v) is 1.71. The zero-order chi connectivity index (χ0) is 8.91. The van der Waals surface area contributed by atoms with E-state index in [1.807, 2.05) is 13.8 Å². The van der Waals surface area contributed by atoms with Crippen molar-refractivity contribution in [2.75, 3.05) is 13.1 Å². The van der Waals surface area contributed by atoms with Gasteiger partial charge in [0.05, 0.1) is 0 Å². The Bertz CT molecular complexity index is 98.7. The molecule has 2 N–H and O–H groups in total. The summed E-state index contributed by atoms with van der Waals surface area (Å²) in [5.74, 6) is 0. The topological polar surface area (TPSA) is 50.2 Å². The van der Waals surface area contributed by atoms with E-state index in [-0.39, 0.29) is 10.1 Å². The van der Waals surface area contributed by atoms with Crippen LogP contribution < -0.4 is 0 Å². The third-order valence-electron chi connectivity index (χ3n) is 2.72. The molecule has 0 rings (SSSR count). The summed E-state index contributed by atoms with van der Waals surface area (Å²) in [5, 5.41) is 10.0. The van der Waals surface area contributed by atoms with Gasteiger partial charge in [0.25, 0.3) is 0 Å². The third kappa shape index (κ3) is 3.09. The molecule has 0 aliphatic rings. The van der Waals surface area contributed by atoms with E-state index < -0.39 is 0 Å². The van der Waals surface area contributed by atoms with Gasteiger partial charge in [-0.25, -0.2) is 5.21 Å². The van der Waals surface area contributed by atoms with Gasteiger partial charge in [-0.05, 0) is 26.7 Å². The molecule has 0 fully saturated rings. The predicted molar refractivity (Wildman–Crippen MR) is 49.4 cm³/mol. The van der Waals surface area contributed by atoms with Crippen LogP contribution in [0.4, 0.5) is 0 Å². The van der Waals surface area contributed by atoms with Crippen molar-refractivity contribution in [2.45, 2.75) is 46.6 Å². The minimum absolute atomic E-state index is 0. The summed E-state index contributed by atoms with van der Waals surface area (Å²) in [5.41, 5.74) is 0. The van der Waals surface area contributed by atoms with Crippen molar-refractivity contribution in [1.82, 2.24) is 0 Å². The predicted octanol–water partition coefficient (Wildman–Crippen LogP) is 2.24. The zero-order valence-corrected chi connectivity index (χ0v) is 8.75. The average Bonchev–Trinajstić information content (AvgIpc) is 2.06. The lowest BCUT2D eigenvalue weighted by molar-refractivity contribution is -1.12. The normalized spacial score (nSPS) is 11.5. The highest BCUT2D eigenvalue weighted by Gasteiger charge is 2.29. The maximum atomic E-state index is 10.0. The van der Waals surface area contributed by atoms with Gasteiger partial charge < -0.3 is 5.48 Å². The fraction of sp³-hybridized carbons (Fsp3) is 1.00. The molecule has 0 aromatic rings. The second-order valence-electron chi connectivity index (χ2n) is 3.09. The molecular formula is C9H23NO2. The van der Waals surface area contributed by atoms with Crippen LogP contribution in [0.3, 0.4) is 0 Å². The first-order valence-electron chi connectivity index (χ1n) is 4.74. The number of hydroxylamine groups is 3. The number of hydrogen-bond donors (Lipinski definition) is 1. The molecule has 0 spiro atoms. The van der Waals surface area contributed by atoms with Crippen molar-refractivity contribution in [3.8, 4) is 0 Å². The maximum Gasteiger partial charge on any atom is 0.118 e. The first kappa shape index (κ1) is 14.4. The van der Waals surface area contributed by atoms with Crippen LogP contribution in [0.25, 0.3) is 0 Å². The van der Waals surface area contributed by atoms with Crippen molar-refractivity contribution < 1.29 is 15.3 Å². The smallest absolute Gasteiger partial charge is 0.118 e. The number of quaternary nitrogens is 1. The molecule has 0 unspecified atom stereocenters. The molecule has 0 aromatic heterocycles. The summed E-state index contributed by atoms with van der Waals surface area (Å²) in [6.07, 6.45) is 2.13. The second-order valence-corrected chi connectivity index (χ2v) is 3.09. The van der Waals surface area contributed by atoms with Crippen molar-refractivity contribution in [1.29, 1.82) is 0 Å². The molecule has 0 saturated carbocycles. The van der Waals surface area contributed by atoms with E-state index in [9.17, 15) is 5.21 Å². The van der Waals surface area contributed by atoms with Crippen LogP contribution in [0, 0.1) is 0 Å². The van der Waals surface area contributed by atoms with E-state index in [1.54, 1.807) is 0 Å². The van der Waals surface area contributed by atoms with Gasteiger partial charge in [-0.1, -0.05) is 13.8 Å². The van der Waals surface area contributed by atoms with E-state index in [4.69, 9.17) is 0 Å². The summed E-state index contributed by atoms with van der Waals surface area (Å²) >= 11 is 0. The van der Waals surface area contributed by atoms with Crippen LogP contribution in [-0.4, -0.2) is 34.5 Å². The lowest BCUT2D eigenvalue weighted by Crippen LogP contribution is -2.52. The Morgan fingerprint density at radius 3 is 1.42 bits per heavy atom. The van der Waals surface area contributed by atoms with E-state index >= 15 is 0 Å². The Morgan fingerprint density at radius 1 is 1.00 bits per heavy atom. The first-order valence-corrected chi connectivity index (χ1v) is 4.74. The standard InChI is InChI=1S/C9H22NO.H2O/c1-5-9(6-2)10(11,7-3)8-4;/h9,11H,5-8H2,1-4H3;1H2/q+1;/p-1. The maximum absolute atomic E-state index is 10.0. The molecule has 0 radical (unpaired) electrons. The van der Waals surface area contributed by atoms with Gasteiger partial charge in [-0.2, -0.15) is 4.65 Å². The van der Waals surface area contributed by atoms with Crippen LogP contribution in [0.2, 0.25) is 0 Å². The van der Waals surface area contributed by atoms with Gasteiger partial charge in [-0.15, -0.1) is 0 Å². The average molecular weight is 177 g/mol. The molecule has 0 atom stereocenters. The van der Waals surface area contributed by atoms with Crippen LogP contribution in [0.15, 0.2) is 0 Å². The van der Waals surface area contributed by atoms with Crippen LogP contribution in [0.1, 0.15) is 40.5 Å². The summed E-state index contributed by atoms with van der Waals surface area (Å²) in [4.78, 5) is 0. The van der Waals surface area contributed by atoms with E-state index in [2.05, 4.69) is 13.8 Å². The third-order valence-corrected chi connectivity index (χ3v) is 2.72. The van der Waals surface area contributed by atoms with Crippen LogP contribution in [0.5, 0.6) is 0 Å². The summed E-state index contributed by atoms with van der Waals surface area (Å²) < 4.78 is 0.243. The van der Waals surface area contributed by atoms with Gasteiger partial charge in [-0.3, -0.25) is 0 Å². The highest BCUT2D eigenvalue weighted by atomic mass is 16.5. The lowest BCUT2D eigenvalue weighted by atomic mass is 10.1. The minimum atomic E-state index is 0. The Kier molecular flexibility index (Phi) is 7.69. The van der Waals surface area contributed by atoms with Crippen molar-refractivity contribution >= 4 is 0 Å². The molecule has 12 heavy (non-hydrogen) atoms. The summed E-state index contributed by atoms with van der Waals surface area (Å²) in [6, 6.07) is 0.421. The van der Waals surface area contributed by atoms with Gasteiger partial charge >= 0.3 is 0 Å². The van der Waals surface area contributed by atoms with Crippen LogP contribution >= 0.6 is 0 Å². The molecule has 3 nitrogen and oxygen atoms in total. The fourth-order valence-electron chi connectivity index (χ4n) is 1.71. The molecule has 0 heterocycles. The Hall–Kier alpha value is -0.120. The Morgan fingerprint density at radius 2 is 1.33 bits per heavy atom. The number of hydrogen-bond acceptors (Lipinski definition) is 2. The first-order chi connectivity index (χ1) is 5.14. The molecule has 0 aromatic carbocycles. The Labute approximate surface area is 75.9 Å². The molecule has 0 aliphatic carbocycles. The highest BCUT2D eigenvalue weighted by molar-refractivity contribution is 4.50. The molecule has 76 valence electrons. The quantitative estimate of drug-likeness (QED) is 0.517. The van der Waals surface area contributed by atoms with Gasteiger partial charge in [0.1, 0.15) is 19.1 Å². The van der Waals surface area contributed by atoms with Crippen molar-refractivity contribution in [3.05, 3.63) is 0 Å². The number of rotatable bonds is 5. The monoisotopic (exact) mass is 177 g/mol. The molecule has 3 heteroatoms. The second kappa shape index (κ2) is 6.40. The van der Waals surface area contributed by atoms with Gasteiger partial charge in [0.2, 0.25) is 0 Å². The SMILES string of the molecule is CCC(CC)[N+](O)(CC)CC.[OH-].